The summed E-state index contributed by atoms with van der Waals surface area (Å²) < 4.78 is 0. The molecular formula is C15H15N5OS2. The SMILES string of the molecule is Cc1ccc(NC(=O)Cc2nc(CSc3ncn[nH]3)cs2)cc1. The zero-order chi connectivity index (χ0) is 16.1. The van der Waals surface area contributed by atoms with Crippen molar-refractivity contribution >= 4 is 34.7 Å². The highest BCUT2D eigenvalue weighted by molar-refractivity contribution is 7.98. The monoisotopic (exact) mass is 345 g/mol. The van der Waals surface area contributed by atoms with Crippen LogP contribution < -0.4 is 5.32 Å². The first-order chi connectivity index (χ1) is 11.2. The number of nitrogens with zero attached hydrogens (tertiary/aromatic N) is 3. The molecule has 3 rings (SSSR count). The Hall–Kier alpha value is -2.19. The van der Waals surface area contributed by atoms with Gasteiger partial charge in [0, 0.05) is 16.8 Å². The summed E-state index contributed by atoms with van der Waals surface area (Å²) in [5, 5.41) is 13.0. The molecule has 3 aromatic rings. The number of aromatic nitrogens is 4. The van der Waals surface area contributed by atoms with Crippen LogP contribution in [-0.4, -0.2) is 26.1 Å². The lowest BCUT2D eigenvalue weighted by Gasteiger charge is -2.04. The van der Waals surface area contributed by atoms with Crippen molar-refractivity contribution in [3.05, 3.63) is 52.2 Å². The lowest BCUT2D eigenvalue weighted by molar-refractivity contribution is -0.115. The molecule has 0 radical (unpaired) electrons. The van der Waals surface area contributed by atoms with Crippen LogP contribution in [0.15, 0.2) is 41.1 Å². The Morgan fingerprint density at radius 1 is 1.35 bits per heavy atom. The number of thiazole rings is 1. The quantitative estimate of drug-likeness (QED) is 0.671. The number of H-pyrrole nitrogens is 1. The van der Waals surface area contributed by atoms with E-state index in [0.29, 0.717) is 5.75 Å². The molecule has 0 aliphatic heterocycles. The summed E-state index contributed by atoms with van der Waals surface area (Å²) >= 11 is 3.03. The molecule has 0 unspecified atom stereocenters. The molecule has 6 nitrogen and oxygen atoms in total. The smallest absolute Gasteiger partial charge is 0.231 e. The maximum absolute atomic E-state index is 12.0. The van der Waals surface area contributed by atoms with Gasteiger partial charge in [-0.15, -0.1) is 11.3 Å². The second-order valence-corrected chi connectivity index (χ2v) is 6.81. The molecule has 0 saturated heterocycles. The zero-order valence-electron chi connectivity index (χ0n) is 12.4. The highest BCUT2D eigenvalue weighted by Gasteiger charge is 2.09. The van der Waals surface area contributed by atoms with E-state index >= 15 is 0 Å². The number of hydrogen-bond donors (Lipinski definition) is 2. The van der Waals surface area contributed by atoms with Gasteiger partial charge in [0.05, 0.1) is 12.1 Å². The molecule has 0 aliphatic rings. The molecule has 1 aromatic carbocycles. The average Bonchev–Trinajstić information content (AvgIpc) is 3.19. The van der Waals surface area contributed by atoms with Crippen molar-refractivity contribution in [2.75, 3.05) is 5.32 Å². The number of carbonyl (C=O) groups is 1. The predicted molar refractivity (Wildman–Crippen MR) is 91.6 cm³/mol. The van der Waals surface area contributed by atoms with E-state index in [-0.39, 0.29) is 12.3 Å². The minimum Gasteiger partial charge on any atom is -0.326 e. The van der Waals surface area contributed by atoms with Crippen molar-refractivity contribution in [3.8, 4) is 0 Å². The van der Waals surface area contributed by atoms with E-state index in [2.05, 4.69) is 25.5 Å². The Kier molecular flexibility index (Phi) is 5.04. The van der Waals surface area contributed by atoms with Crippen LogP contribution in [0.1, 0.15) is 16.3 Å². The number of nitrogens with one attached hydrogen (secondary N) is 2. The third-order valence-electron chi connectivity index (χ3n) is 3.00. The Morgan fingerprint density at radius 3 is 2.91 bits per heavy atom. The number of benzene rings is 1. The van der Waals surface area contributed by atoms with Crippen LogP contribution in [-0.2, 0) is 17.0 Å². The van der Waals surface area contributed by atoms with Gasteiger partial charge in [-0.3, -0.25) is 9.89 Å². The van der Waals surface area contributed by atoms with Gasteiger partial charge in [-0.25, -0.2) is 9.97 Å². The Bertz CT molecular complexity index is 768. The van der Waals surface area contributed by atoms with E-state index in [1.54, 1.807) is 0 Å². The molecule has 0 fully saturated rings. The van der Waals surface area contributed by atoms with Crippen molar-refractivity contribution < 1.29 is 4.79 Å². The second kappa shape index (κ2) is 7.38. The number of anilines is 1. The van der Waals surface area contributed by atoms with Gasteiger partial charge in [0.25, 0.3) is 0 Å². The van der Waals surface area contributed by atoms with Crippen molar-refractivity contribution in [1.82, 2.24) is 20.2 Å². The topological polar surface area (TPSA) is 83.6 Å². The number of rotatable bonds is 6. The Labute approximate surface area is 141 Å². The van der Waals surface area contributed by atoms with Crippen LogP contribution in [0.3, 0.4) is 0 Å². The molecular weight excluding hydrogens is 330 g/mol. The Morgan fingerprint density at radius 2 is 2.17 bits per heavy atom. The first-order valence-electron chi connectivity index (χ1n) is 6.97. The van der Waals surface area contributed by atoms with Gasteiger partial charge in [0.15, 0.2) is 5.16 Å². The number of aromatic amines is 1. The highest BCUT2D eigenvalue weighted by atomic mass is 32.2. The molecule has 1 amide bonds. The molecule has 2 heterocycles. The van der Waals surface area contributed by atoms with Crippen LogP contribution in [0.5, 0.6) is 0 Å². The molecule has 0 atom stereocenters. The molecule has 0 aliphatic carbocycles. The Balaban J connectivity index is 1.51. The summed E-state index contributed by atoms with van der Waals surface area (Å²) in [5.41, 5.74) is 2.91. The fraction of sp³-hybridized carbons (Fsp3) is 0.200. The van der Waals surface area contributed by atoms with Crippen LogP contribution in [0.2, 0.25) is 0 Å². The zero-order valence-corrected chi connectivity index (χ0v) is 14.1. The predicted octanol–water partition coefficient (Wildman–Crippen LogP) is 3.04. The van der Waals surface area contributed by atoms with Crippen LogP contribution in [0.4, 0.5) is 5.69 Å². The fourth-order valence-electron chi connectivity index (χ4n) is 1.88. The summed E-state index contributed by atoms with van der Waals surface area (Å²) in [6.45, 7) is 2.01. The highest BCUT2D eigenvalue weighted by Crippen LogP contribution is 2.20. The van der Waals surface area contributed by atoms with E-state index in [4.69, 9.17) is 0 Å². The van der Waals surface area contributed by atoms with Crippen LogP contribution >= 0.6 is 23.1 Å². The van der Waals surface area contributed by atoms with Gasteiger partial charge < -0.3 is 5.32 Å². The van der Waals surface area contributed by atoms with Gasteiger partial charge in [0.2, 0.25) is 5.91 Å². The van der Waals surface area contributed by atoms with Gasteiger partial charge in [0.1, 0.15) is 11.3 Å². The summed E-state index contributed by atoms with van der Waals surface area (Å²) in [7, 11) is 0. The first kappa shape index (κ1) is 15.7. The van der Waals surface area contributed by atoms with E-state index in [0.717, 1.165) is 27.1 Å². The second-order valence-electron chi connectivity index (χ2n) is 4.90. The third-order valence-corrected chi connectivity index (χ3v) is 4.80. The minimum absolute atomic E-state index is 0.0577. The lowest BCUT2D eigenvalue weighted by atomic mass is 10.2. The molecule has 0 spiro atoms. The van der Waals surface area contributed by atoms with Crippen molar-refractivity contribution in [1.29, 1.82) is 0 Å². The number of thioether (sulfide) groups is 1. The normalized spacial score (nSPS) is 10.7. The molecule has 2 aromatic heterocycles. The lowest BCUT2D eigenvalue weighted by Crippen LogP contribution is -2.14. The maximum Gasteiger partial charge on any atom is 0.231 e. The van der Waals surface area contributed by atoms with Crippen LogP contribution in [0.25, 0.3) is 0 Å². The van der Waals surface area contributed by atoms with Gasteiger partial charge >= 0.3 is 0 Å². The average molecular weight is 345 g/mol. The number of carbonyl (C=O) groups excluding carboxylic acids is 1. The van der Waals surface area contributed by atoms with E-state index in [9.17, 15) is 4.79 Å². The van der Waals surface area contributed by atoms with E-state index in [1.807, 2.05) is 36.6 Å². The summed E-state index contributed by atoms with van der Waals surface area (Å²) in [4.78, 5) is 20.6. The molecule has 0 bridgehead atoms. The minimum atomic E-state index is -0.0577. The molecule has 23 heavy (non-hydrogen) atoms. The number of aryl methyl sites for hydroxylation is 1. The van der Waals surface area contributed by atoms with Crippen molar-refractivity contribution in [2.24, 2.45) is 0 Å². The first-order valence-corrected chi connectivity index (χ1v) is 8.83. The summed E-state index contributed by atoms with van der Waals surface area (Å²) in [6, 6.07) is 7.73. The molecule has 2 N–H and O–H groups in total. The number of hydrogen-bond acceptors (Lipinski definition) is 6. The van der Waals surface area contributed by atoms with Gasteiger partial charge in [-0.2, -0.15) is 5.10 Å². The fourth-order valence-corrected chi connectivity index (χ4v) is 3.45. The van der Waals surface area contributed by atoms with Crippen molar-refractivity contribution in [2.45, 2.75) is 24.3 Å². The van der Waals surface area contributed by atoms with Crippen molar-refractivity contribution in [3.63, 3.8) is 0 Å². The third kappa shape index (κ3) is 4.64. The van der Waals surface area contributed by atoms with E-state index < -0.39 is 0 Å². The summed E-state index contributed by atoms with van der Waals surface area (Å²) in [6.07, 6.45) is 1.76. The molecule has 0 saturated carbocycles. The van der Waals surface area contributed by atoms with E-state index in [1.165, 1.54) is 29.4 Å². The molecule has 8 heteroatoms. The van der Waals surface area contributed by atoms with Gasteiger partial charge in [-0.05, 0) is 19.1 Å². The standard InChI is InChI=1S/C15H15N5OS2/c1-10-2-4-11(5-3-10)18-13(21)6-14-19-12(7-22-14)8-23-15-16-9-17-20-15/h2-5,7,9H,6,8H2,1H3,(H,18,21)(H,16,17,20). The molecule has 118 valence electrons. The number of amides is 1. The maximum atomic E-state index is 12.0. The summed E-state index contributed by atoms with van der Waals surface area (Å²) in [5.74, 6) is 0.642. The van der Waals surface area contributed by atoms with Gasteiger partial charge in [-0.1, -0.05) is 29.5 Å². The van der Waals surface area contributed by atoms with Crippen LogP contribution in [0, 0.1) is 6.92 Å². The largest absolute Gasteiger partial charge is 0.326 e.